The van der Waals surface area contributed by atoms with Crippen LogP contribution in [-0.4, -0.2) is 25.6 Å². The van der Waals surface area contributed by atoms with Crippen LogP contribution < -0.4 is 9.47 Å². The van der Waals surface area contributed by atoms with Gasteiger partial charge in [0.1, 0.15) is 11.5 Å². The van der Waals surface area contributed by atoms with E-state index in [9.17, 15) is 5.11 Å². The molecule has 1 heterocycles. The largest absolute Gasteiger partial charge is 0.497 e. The van der Waals surface area contributed by atoms with Crippen LogP contribution in [0.3, 0.4) is 0 Å². The highest BCUT2D eigenvalue weighted by atomic mass is 16.6. The van der Waals surface area contributed by atoms with E-state index in [1.165, 1.54) is 0 Å². The molecule has 4 heteroatoms. The summed E-state index contributed by atoms with van der Waals surface area (Å²) in [7, 11) is 3.27. The second kappa shape index (κ2) is 5.76. The lowest BCUT2D eigenvalue weighted by Crippen LogP contribution is -2.29. The fourth-order valence-corrected chi connectivity index (χ4v) is 2.83. The fourth-order valence-electron chi connectivity index (χ4n) is 2.83. The molecule has 0 spiro atoms. The minimum atomic E-state index is -0.902. The zero-order valence-corrected chi connectivity index (χ0v) is 12.1. The molecule has 0 saturated heterocycles. The summed E-state index contributed by atoms with van der Waals surface area (Å²) in [6.07, 6.45) is -0.902. The third kappa shape index (κ3) is 2.48. The van der Waals surface area contributed by atoms with E-state index in [1.54, 1.807) is 14.2 Å². The molecular weight excluding hydrogens is 268 g/mol. The Kier molecular flexibility index (Phi) is 3.82. The van der Waals surface area contributed by atoms with Crippen molar-refractivity contribution in [3.63, 3.8) is 0 Å². The van der Waals surface area contributed by atoms with Crippen LogP contribution in [0.25, 0.3) is 0 Å². The number of fused-ring (bicyclic) bond motifs is 1. The molecule has 21 heavy (non-hydrogen) atoms. The number of aliphatic hydroxyl groups excluding tert-OH is 1. The van der Waals surface area contributed by atoms with Crippen molar-refractivity contribution in [1.82, 2.24) is 0 Å². The van der Waals surface area contributed by atoms with E-state index in [0.29, 0.717) is 6.61 Å². The lowest BCUT2D eigenvalue weighted by Gasteiger charge is -2.32. The fraction of sp³-hybridized carbons (Fsp3) is 0.294. The van der Waals surface area contributed by atoms with Crippen molar-refractivity contribution in [3.8, 4) is 11.5 Å². The van der Waals surface area contributed by atoms with E-state index >= 15 is 0 Å². The van der Waals surface area contributed by atoms with Crippen LogP contribution in [0.5, 0.6) is 11.5 Å². The zero-order valence-electron chi connectivity index (χ0n) is 12.1. The molecule has 2 aromatic carbocycles. The first-order valence-electron chi connectivity index (χ1n) is 6.84. The Hall–Kier alpha value is -2.04. The highest BCUT2D eigenvalue weighted by molar-refractivity contribution is 5.49. The Morgan fingerprint density at radius 1 is 1.10 bits per heavy atom. The Balaban J connectivity index is 2.14. The van der Waals surface area contributed by atoms with Crippen molar-refractivity contribution in [1.29, 1.82) is 0 Å². The summed E-state index contributed by atoms with van der Waals surface area (Å²) in [4.78, 5) is 0. The second-order valence-corrected chi connectivity index (χ2v) is 4.99. The first kappa shape index (κ1) is 13.9. The molecule has 1 N–H and O–H groups in total. The third-order valence-electron chi connectivity index (χ3n) is 3.83. The van der Waals surface area contributed by atoms with Gasteiger partial charge in [-0.2, -0.15) is 0 Å². The number of ether oxygens (including phenoxy) is 3. The van der Waals surface area contributed by atoms with Gasteiger partial charge in [0.05, 0.1) is 26.7 Å². The number of hydrogen-bond donors (Lipinski definition) is 1. The predicted molar refractivity (Wildman–Crippen MR) is 78.6 cm³/mol. The number of rotatable bonds is 3. The normalized spacial score (nSPS) is 20.7. The van der Waals surface area contributed by atoms with Gasteiger partial charge in [0.2, 0.25) is 0 Å². The summed E-state index contributed by atoms with van der Waals surface area (Å²) in [6, 6.07) is 13.5. The molecule has 110 valence electrons. The SMILES string of the molecule is COc1cccc(C2c3c(cccc3OC)COC2O)c1. The van der Waals surface area contributed by atoms with Crippen LogP contribution in [0.1, 0.15) is 22.6 Å². The van der Waals surface area contributed by atoms with Gasteiger partial charge in [-0.25, -0.2) is 0 Å². The minimum Gasteiger partial charge on any atom is -0.497 e. The van der Waals surface area contributed by atoms with Crippen molar-refractivity contribution in [2.24, 2.45) is 0 Å². The van der Waals surface area contributed by atoms with Gasteiger partial charge in [-0.3, -0.25) is 0 Å². The Bertz CT molecular complexity index is 624. The quantitative estimate of drug-likeness (QED) is 0.942. The maximum absolute atomic E-state index is 10.3. The molecular formula is C17H18O4. The molecule has 0 aliphatic carbocycles. The number of methoxy groups -OCH3 is 2. The third-order valence-corrected chi connectivity index (χ3v) is 3.83. The van der Waals surface area contributed by atoms with Crippen LogP contribution in [0.2, 0.25) is 0 Å². The molecule has 0 fully saturated rings. The average Bonchev–Trinajstić information content (AvgIpc) is 2.54. The molecule has 0 saturated carbocycles. The molecule has 4 nitrogen and oxygen atoms in total. The number of benzene rings is 2. The Morgan fingerprint density at radius 3 is 2.67 bits per heavy atom. The van der Waals surface area contributed by atoms with Crippen molar-refractivity contribution in [3.05, 3.63) is 59.2 Å². The van der Waals surface area contributed by atoms with Gasteiger partial charge in [0.25, 0.3) is 0 Å². The van der Waals surface area contributed by atoms with E-state index in [-0.39, 0.29) is 5.92 Å². The monoisotopic (exact) mass is 286 g/mol. The smallest absolute Gasteiger partial charge is 0.166 e. The van der Waals surface area contributed by atoms with E-state index in [1.807, 2.05) is 42.5 Å². The zero-order chi connectivity index (χ0) is 14.8. The minimum absolute atomic E-state index is 0.292. The first-order chi connectivity index (χ1) is 10.2. The van der Waals surface area contributed by atoms with Crippen LogP contribution >= 0.6 is 0 Å². The van der Waals surface area contributed by atoms with Gasteiger partial charge in [-0.1, -0.05) is 24.3 Å². The van der Waals surface area contributed by atoms with Crippen LogP contribution in [0.4, 0.5) is 0 Å². The van der Waals surface area contributed by atoms with Crippen molar-refractivity contribution >= 4 is 0 Å². The summed E-state index contributed by atoms with van der Waals surface area (Å²) < 4.78 is 16.2. The molecule has 2 unspecified atom stereocenters. The van der Waals surface area contributed by atoms with Crippen LogP contribution in [0, 0.1) is 0 Å². The van der Waals surface area contributed by atoms with Gasteiger partial charge in [-0.05, 0) is 29.3 Å². The highest BCUT2D eigenvalue weighted by Gasteiger charge is 2.33. The Labute approximate surface area is 123 Å². The Morgan fingerprint density at radius 2 is 1.90 bits per heavy atom. The maximum Gasteiger partial charge on any atom is 0.166 e. The predicted octanol–water partition coefficient (Wildman–Crippen LogP) is 2.68. The molecule has 0 bridgehead atoms. The summed E-state index contributed by atoms with van der Waals surface area (Å²) in [5.74, 6) is 1.23. The van der Waals surface area contributed by atoms with E-state index in [2.05, 4.69) is 0 Å². The topological polar surface area (TPSA) is 47.9 Å². The van der Waals surface area contributed by atoms with Gasteiger partial charge < -0.3 is 19.3 Å². The van der Waals surface area contributed by atoms with Gasteiger partial charge in [0, 0.05) is 5.56 Å². The molecule has 0 aromatic heterocycles. The standard InChI is InChI=1S/C17H18O4/c1-19-13-7-3-5-11(9-13)16-15-12(10-21-17(16)18)6-4-8-14(15)20-2/h3-9,16-18H,10H2,1-2H3. The highest BCUT2D eigenvalue weighted by Crippen LogP contribution is 2.41. The molecule has 0 radical (unpaired) electrons. The van der Waals surface area contributed by atoms with E-state index < -0.39 is 6.29 Å². The summed E-state index contributed by atoms with van der Waals surface area (Å²) >= 11 is 0. The maximum atomic E-state index is 10.3. The van der Waals surface area contributed by atoms with Gasteiger partial charge >= 0.3 is 0 Å². The molecule has 0 amide bonds. The lowest BCUT2D eigenvalue weighted by atomic mass is 9.85. The first-order valence-corrected chi connectivity index (χ1v) is 6.84. The molecule has 2 atom stereocenters. The average molecular weight is 286 g/mol. The van der Waals surface area contributed by atoms with Gasteiger partial charge in [-0.15, -0.1) is 0 Å². The number of hydrogen-bond acceptors (Lipinski definition) is 4. The van der Waals surface area contributed by atoms with Crippen LogP contribution in [-0.2, 0) is 11.3 Å². The van der Waals surface area contributed by atoms with Crippen LogP contribution in [0.15, 0.2) is 42.5 Å². The molecule has 3 rings (SSSR count). The lowest BCUT2D eigenvalue weighted by molar-refractivity contribution is -0.126. The van der Waals surface area contributed by atoms with Gasteiger partial charge in [0.15, 0.2) is 6.29 Å². The molecule has 2 aromatic rings. The van der Waals surface area contributed by atoms with E-state index in [4.69, 9.17) is 14.2 Å². The van der Waals surface area contributed by atoms with E-state index in [0.717, 1.165) is 28.2 Å². The summed E-state index contributed by atoms with van der Waals surface area (Å²) in [5, 5.41) is 10.3. The second-order valence-electron chi connectivity index (χ2n) is 4.99. The van der Waals surface area contributed by atoms with Crippen molar-refractivity contribution in [2.75, 3.05) is 14.2 Å². The summed E-state index contributed by atoms with van der Waals surface area (Å²) in [6.45, 7) is 0.383. The van der Waals surface area contributed by atoms with Crippen molar-refractivity contribution < 1.29 is 19.3 Å². The van der Waals surface area contributed by atoms with Crippen molar-refractivity contribution in [2.45, 2.75) is 18.8 Å². The summed E-state index contributed by atoms with van der Waals surface area (Å²) in [5.41, 5.74) is 2.95. The number of aliphatic hydroxyl groups is 1. The molecule has 1 aliphatic rings. The molecule has 1 aliphatic heterocycles.